The zero-order valence-electron chi connectivity index (χ0n) is 17.8. The molecular weight excluding hydrogens is 573 g/mol. The number of amides is 1. The number of hydrogen-bond donors (Lipinski definition) is 2. The molecule has 2 atom stereocenters. The van der Waals surface area contributed by atoms with E-state index in [9.17, 15) is 9.59 Å². The van der Waals surface area contributed by atoms with Gasteiger partial charge in [-0.15, -0.1) is 0 Å². The van der Waals surface area contributed by atoms with E-state index in [1.165, 1.54) is 0 Å². The van der Waals surface area contributed by atoms with Gasteiger partial charge in [0.15, 0.2) is 0 Å². The Morgan fingerprint density at radius 1 is 0.935 bits per heavy atom. The summed E-state index contributed by atoms with van der Waals surface area (Å²) in [6.45, 7) is 5.65. The van der Waals surface area contributed by atoms with Gasteiger partial charge in [-0.1, -0.05) is 50.1 Å². The SMILES string of the molecule is CCC(C)C(NC(=O)c1ccc(C)cc1)C(=O)O.[Pt+4].c1ccc(-c2ccccn2)nc1. The second-order valence-corrected chi connectivity index (χ2v) is 6.97. The zero-order chi connectivity index (χ0) is 21.9. The Balaban J connectivity index is 0.000000321. The van der Waals surface area contributed by atoms with Crippen LogP contribution in [0.3, 0.4) is 0 Å². The molecule has 0 spiro atoms. The molecule has 3 rings (SSSR count). The van der Waals surface area contributed by atoms with Crippen LogP contribution >= 0.6 is 0 Å². The van der Waals surface area contributed by atoms with Crippen molar-refractivity contribution in [3.8, 4) is 11.4 Å². The molecule has 0 aliphatic rings. The van der Waals surface area contributed by atoms with Crippen LogP contribution in [-0.2, 0) is 25.9 Å². The minimum Gasteiger partial charge on any atom is -0.480 e. The summed E-state index contributed by atoms with van der Waals surface area (Å²) in [6, 6.07) is 17.8. The van der Waals surface area contributed by atoms with Crippen molar-refractivity contribution in [2.45, 2.75) is 33.2 Å². The van der Waals surface area contributed by atoms with Crippen LogP contribution in [0.25, 0.3) is 11.4 Å². The molecule has 1 amide bonds. The van der Waals surface area contributed by atoms with E-state index >= 15 is 0 Å². The average molecular weight is 601 g/mol. The number of nitrogens with one attached hydrogen (secondary N) is 1. The molecule has 0 saturated heterocycles. The van der Waals surface area contributed by atoms with Crippen LogP contribution in [0.15, 0.2) is 73.1 Å². The summed E-state index contributed by atoms with van der Waals surface area (Å²) >= 11 is 0. The first-order valence-electron chi connectivity index (χ1n) is 9.85. The third-order valence-corrected chi connectivity index (χ3v) is 4.67. The summed E-state index contributed by atoms with van der Waals surface area (Å²) in [6.07, 6.45) is 4.24. The van der Waals surface area contributed by atoms with Gasteiger partial charge in [-0.3, -0.25) is 14.8 Å². The number of carboxylic acid groups (broad SMARTS) is 1. The number of benzene rings is 1. The molecule has 0 radical (unpaired) electrons. The van der Waals surface area contributed by atoms with E-state index in [1.54, 1.807) is 24.5 Å². The second-order valence-electron chi connectivity index (χ2n) is 6.97. The number of carbonyl (C=O) groups is 2. The summed E-state index contributed by atoms with van der Waals surface area (Å²) in [5.74, 6) is -1.44. The van der Waals surface area contributed by atoms with Gasteiger partial charge in [-0.25, -0.2) is 4.79 Å². The Morgan fingerprint density at radius 2 is 1.45 bits per heavy atom. The number of aromatic nitrogens is 2. The van der Waals surface area contributed by atoms with Gasteiger partial charge in [0, 0.05) is 18.0 Å². The standard InChI is InChI=1S/C14H19NO3.C10H8N2.Pt/c1-4-10(3)12(14(17)18)15-13(16)11-7-5-9(2)6-8-11;1-3-7-11-9(5-1)10-6-2-4-8-12-10;/h5-8,10,12H,4H2,1-3H3,(H,15,16)(H,17,18);1-8H;/q;;+4. The second kappa shape index (κ2) is 13.5. The molecule has 0 aliphatic carbocycles. The quantitative estimate of drug-likeness (QED) is 0.439. The Hall–Kier alpha value is -2.85. The van der Waals surface area contributed by atoms with E-state index < -0.39 is 12.0 Å². The minimum absolute atomic E-state index is 0. The maximum absolute atomic E-state index is 11.9. The molecule has 3 aromatic rings. The van der Waals surface area contributed by atoms with E-state index in [-0.39, 0.29) is 32.9 Å². The Kier molecular flexibility index (Phi) is 11.4. The van der Waals surface area contributed by atoms with Crippen molar-refractivity contribution in [2.24, 2.45) is 5.92 Å². The molecule has 1 aromatic carbocycles. The molecule has 6 nitrogen and oxygen atoms in total. The fourth-order valence-corrected chi connectivity index (χ4v) is 2.64. The Bertz CT molecular complexity index is 898. The monoisotopic (exact) mass is 600 g/mol. The van der Waals surface area contributed by atoms with Crippen molar-refractivity contribution in [3.05, 3.63) is 84.2 Å². The van der Waals surface area contributed by atoms with Crippen molar-refractivity contribution < 1.29 is 35.8 Å². The third-order valence-electron chi connectivity index (χ3n) is 4.67. The first-order valence-corrected chi connectivity index (χ1v) is 9.85. The van der Waals surface area contributed by atoms with Crippen molar-refractivity contribution in [3.63, 3.8) is 0 Å². The van der Waals surface area contributed by atoms with Gasteiger partial charge in [0.25, 0.3) is 5.91 Å². The predicted octanol–water partition coefficient (Wildman–Crippen LogP) is 4.37. The average Bonchev–Trinajstić information content (AvgIpc) is 2.78. The van der Waals surface area contributed by atoms with Crippen LogP contribution in [0.2, 0.25) is 0 Å². The molecule has 2 N–H and O–H groups in total. The van der Waals surface area contributed by atoms with Gasteiger partial charge in [0.2, 0.25) is 0 Å². The van der Waals surface area contributed by atoms with Crippen LogP contribution in [-0.4, -0.2) is 33.0 Å². The minimum atomic E-state index is -0.996. The van der Waals surface area contributed by atoms with Gasteiger partial charge in [-0.05, 0) is 49.2 Å². The topological polar surface area (TPSA) is 92.2 Å². The fraction of sp³-hybridized carbons (Fsp3) is 0.250. The van der Waals surface area contributed by atoms with Crippen molar-refractivity contribution in [1.82, 2.24) is 15.3 Å². The van der Waals surface area contributed by atoms with Gasteiger partial charge in [-0.2, -0.15) is 0 Å². The largest absolute Gasteiger partial charge is 4.00 e. The maximum Gasteiger partial charge on any atom is 4.00 e. The van der Waals surface area contributed by atoms with E-state index in [2.05, 4.69) is 15.3 Å². The number of hydrogen-bond acceptors (Lipinski definition) is 4. The summed E-state index contributed by atoms with van der Waals surface area (Å²) in [4.78, 5) is 31.4. The molecule has 7 heteroatoms. The maximum atomic E-state index is 11.9. The van der Waals surface area contributed by atoms with Crippen LogP contribution in [0.1, 0.15) is 36.2 Å². The van der Waals surface area contributed by atoms with E-state index in [0.717, 1.165) is 17.0 Å². The predicted molar refractivity (Wildman–Crippen MR) is 117 cm³/mol. The molecule has 2 unspecified atom stereocenters. The van der Waals surface area contributed by atoms with Crippen LogP contribution in [0.5, 0.6) is 0 Å². The van der Waals surface area contributed by atoms with Gasteiger partial charge in [0.1, 0.15) is 6.04 Å². The number of rotatable bonds is 6. The first-order chi connectivity index (χ1) is 14.4. The summed E-state index contributed by atoms with van der Waals surface area (Å²) in [7, 11) is 0. The van der Waals surface area contributed by atoms with Crippen LogP contribution in [0, 0.1) is 12.8 Å². The fourth-order valence-electron chi connectivity index (χ4n) is 2.64. The molecule has 2 heterocycles. The number of aryl methyl sites for hydroxylation is 1. The summed E-state index contributed by atoms with van der Waals surface area (Å²) < 4.78 is 0. The van der Waals surface area contributed by atoms with E-state index in [1.807, 2.05) is 69.3 Å². The van der Waals surface area contributed by atoms with E-state index in [0.29, 0.717) is 12.0 Å². The summed E-state index contributed by atoms with van der Waals surface area (Å²) in [5, 5.41) is 11.7. The van der Waals surface area contributed by atoms with Crippen LogP contribution in [0.4, 0.5) is 0 Å². The van der Waals surface area contributed by atoms with E-state index in [4.69, 9.17) is 5.11 Å². The molecule has 31 heavy (non-hydrogen) atoms. The number of carbonyl (C=O) groups excluding carboxylic acids is 1. The number of pyridine rings is 2. The Morgan fingerprint density at radius 3 is 1.84 bits per heavy atom. The normalized spacial score (nSPS) is 11.7. The first kappa shape index (κ1) is 26.2. The van der Waals surface area contributed by atoms with Crippen molar-refractivity contribution in [2.75, 3.05) is 0 Å². The molecule has 0 saturated carbocycles. The van der Waals surface area contributed by atoms with Crippen LogP contribution < -0.4 is 5.32 Å². The smallest absolute Gasteiger partial charge is 0.480 e. The van der Waals surface area contributed by atoms with Gasteiger partial charge in [0.05, 0.1) is 11.4 Å². The molecule has 0 fully saturated rings. The number of carboxylic acids is 1. The molecule has 0 bridgehead atoms. The molecule has 2 aromatic heterocycles. The number of aliphatic carboxylic acids is 1. The van der Waals surface area contributed by atoms with Gasteiger partial charge < -0.3 is 10.4 Å². The Labute approximate surface area is 197 Å². The van der Waals surface area contributed by atoms with Gasteiger partial charge >= 0.3 is 27.0 Å². The van der Waals surface area contributed by atoms with Crippen molar-refractivity contribution >= 4 is 11.9 Å². The number of nitrogens with zero attached hydrogens (tertiary/aromatic N) is 2. The third kappa shape index (κ3) is 8.42. The molecular formula is C24H27N3O3Pt+4. The summed E-state index contributed by atoms with van der Waals surface area (Å²) in [5.41, 5.74) is 3.37. The molecule has 162 valence electrons. The van der Waals surface area contributed by atoms with Crippen molar-refractivity contribution in [1.29, 1.82) is 0 Å². The molecule has 0 aliphatic heterocycles. The zero-order valence-corrected chi connectivity index (χ0v) is 20.0.